The second-order valence-electron chi connectivity index (χ2n) is 8.13. The quantitative estimate of drug-likeness (QED) is 0.153. The largest absolute Gasteiger partial charge is 4.00 e. The van der Waals surface area contributed by atoms with Gasteiger partial charge in [0, 0.05) is 9.40 Å². The van der Waals surface area contributed by atoms with Crippen LogP contribution >= 0.6 is 43.2 Å². The van der Waals surface area contributed by atoms with Crippen LogP contribution < -0.4 is 0 Å². The topological polar surface area (TPSA) is 0 Å². The number of halogens is 2. The number of hydrogen-bond acceptors (Lipinski definition) is 1. The Balaban J connectivity index is 0.000000185. The smallest absolute Gasteiger partial charge is 1.00 e. The molecule has 0 aliphatic carbocycles. The van der Waals surface area contributed by atoms with Crippen LogP contribution in [0.4, 0.5) is 0 Å². The molecule has 0 amide bonds. The van der Waals surface area contributed by atoms with Crippen LogP contribution in [0.5, 0.6) is 0 Å². The minimum absolute atomic E-state index is 0. The van der Waals surface area contributed by atoms with E-state index in [1.54, 1.807) is 0 Å². The normalized spacial score (nSPS) is 11.0. The van der Waals surface area contributed by atoms with E-state index in [9.17, 15) is 0 Å². The van der Waals surface area contributed by atoms with Gasteiger partial charge in [0.25, 0.3) is 0 Å². The standard InChI is InChI=1S/C15H8BrS.C15H10Br.Zr.2H/c16-15-8-13-6-11-4-10(7-14(11)15)9-2-1-3-12(5-9)17-13;16-15-8-4-7-12-9-13(10-14(12)15)11-5-2-1-3-6-11;;;/h1-8H;1-10H;;;/q2*-1;+4;2*-1. The first-order valence-corrected chi connectivity index (χ1v) is 13.1. The van der Waals surface area contributed by atoms with Gasteiger partial charge in [-0.3, -0.25) is 0 Å². The zero-order valence-electron chi connectivity index (χ0n) is 20.1. The second-order valence-corrected chi connectivity index (χ2v) is 11.0. The van der Waals surface area contributed by atoms with Crippen molar-refractivity contribution in [3.8, 4) is 11.1 Å². The molecule has 7 rings (SSSR count). The first-order valence-electron chi connectivity index (χ1n) is 10.7. The molecule has 0 radical (unpaired) electrons. The van der Waals surface area contributed by atoms with Crippen LogP contribution in [0, 0.1) is 0 Å². The number of rotatable bonds is 1. The Bertz CT molecular complexity index is 1750. The summed E-state index contributed by atoms with van der Waals surface area (Å²) >= 11 is 9.07. The fourth-order valence-corrected chi connectivity index (χ4v) is 6.55. The zero-order valence-corrected chi connectivity index (χ0v) is 24.5. The molecule has 6 aromatic carbocycles. The van der Waals surface area contributed by atoms with Crippen LogP contribution in [-0.2, 0) is 26.2 Å². The third-order valence-corrected chi connectivity index (χ3v) is 8.26. The number of benzene rings is 4. The fourth-order valence-electron chi connectivity index (χ4n) is 4.34. The molecule has 0 saturated carbocycles. The average molecular weight is 664 g/mol. The molecule has 0 nitrogen and oxygen atoms in total. The first-order chi connectivity index (χ1) is 16.1. The van der Waals surface area contributed by atoms with Crippen molar-refractivity contribution < 1.29 is 29.1 Å². The molecule has 0 unspecified atom stereocenters. The molecule has 4 heteroatoms. The van der Waals surface area contributed by atoms with E-state index in [4.69, 9.17) is 0 Å². The average Bonchev–Trinajstić information content (AvgIpc) is 3.46. The summed E-state index contributed by atoms with van der Waals surface area (Å²) in [4.78, 5) is 0. The minimum atomic E-state index is 0. The van der Waals surface area contributed by atoms with Crippen molar-refractivity contribution in [2.75, 3.05) is 0 Å². The summed E-state index contributed by atoms with van der Waals surface area (Å²) in [6, 6.07) is 39.0. The van der Waals surface area contributed by atoms with Crippen LogP contribution in [0.1, 0.15) is 2.85 Å². The Morgan fingerprint density at radius 2 is 1.32 bits per heavy atom. The predicted octanol–water partition coefficient (Wildman–Crippen LogP) is 10.9. The van der Waals surface area contributed by atoms with Gasteiger partial charge in [-0.2, -0.15) is 0 Å². The van der Waals surface area contributed by atoms with Gasteiger partial charge in [0.1, 0.15) is 0 Å². The molecule has 0 aliphatic rings. The van der Waals surface area contributed by atoms with Gasteiger partial charge >= 0.3 is 26.2 Å². The second kappa shape index (κ2) is 10.0. The Morgan fingerprint density at radius 3 is 2.15 bits per heavy atom. The zero-order chi connectivity index (χ0) is 22.4. The molecule has 0 atom stereocenters. The van der Waals surface area contributed by atoms with Gasteiger partial charge in [-0.25, -0.2) is 0 Å². The number of fused-ring (bicyclic) bond motifs is 6. The molecule has 164 valence electrons. The Hall–Kier alpha value is -1.84. The molecule has 1 aromatic heterocycles. The van der Waals surface area contributed by atoms with E-state index in [2.05, 4.69) is 135 Å². The van der Waals surface area contributed by atoms with Gasteiger partial charge in [-0.15, -0.1) is 100.0 Å². The van der Waals surface area contributed by atoms with Crippen LogP contribution in [0.25, 0.3) is 52.8 Å². The Kier molecular flexibility index (Phi) is 7.05. The predicted molar refractivity (Wildman–Crippen MR) is 155 cm³/mol. The van der Waals surface area contributed by atoms with Crippen molar-refractivity contribution in [3.05, 3.63) is 118 Å². The van der Waals surface area contributed by atoms with E-state index in [1.165, 1.54) is 57.3 Å². The summed E-state index contributed by atoms with van der Waals surface area (Å²) in [5.41, 5.74) is 2.55. The molecule has 34 heavy (non-hydrogen) atoms. The first kappa shape index (κ1) is 23.9. The molecule has 0 aliphatic heterocycles. The van der Waals surface area contributed by atoms with Crippen LogP contribution in [0.15, 0.2) is 118 Å². The molecule has 1 heterocycles. The number of hydrogen-bond donors (Lipinski definition) is 0. The third kappa shape index (κ3) is 4.66. The Morgan fingerprint density at radius 1 is 0.588 bits per heavy atom. The van der Waals surface area contributed by atoms with Gasteiger partial charge in [0.05, 0.1) is 0 Å². The SMILES string of the molecule is Brc1cc2cc3cc([cH-]c13)c1cccc(c1)s2.Brc1cccc2cc(-c3ccccc3)[cH-]c12.[H-].[H-].[Zr+4]. The summed E-state index contributed by atoms with van der Waals surface area (Å²) in [5.74, 6) is 0. The van der Waals surface area contributed by atoms with Crippen molar-refractivity contribution in [3.63, 3.8) is 0 Å². The van der Waals surface area contributed by atoms with Crippen LogP contribution in [0.2, 0.25) is 0 Å². The third-order valence-electron chi connectivity index (χ3n) is 5.95. The molecule has 0 fully saturated rings. The molecule has 0 saturated heterocycles. The van der Waals surface area contributed by atoms with Crippen molar-refractivity contribution >= 4 is 84.9 Å². The molecule has 0 N–H and O–H groups in total. The Labute approximate surface area is 241 Å². The van der Waals surface area contributed by atoms with E-state index in [0.717, 1.165) is 4.47 Å². The van der Waals surface area contributed by atoms with Crippen molar-refractivity contribution in [2.24, 2.45) is 0 Å². The summed E-state index contributed by atoms with van der Waals surface area (Å²) in [6.07, 6.45) is 0. The van der Waals surface area contributed by atoms with E-state index in [0.29, 0.717) is 0 Å². The van der Waals surface area contributed by atoms with Crippen molar-refractivity contribution in [1.82, 2.24) is 0 Å². The van der Waals surface area contributed by atoms with Crippen molar-refractivity contribution in [1.29, 1.82) is 0 Å². The van der Waals surface area contributed by atoms with Gasteiger partial charge in [0.2, 0.25) is 0 Å². The fraction of sp³-hybridized carbons (Fsp3) is 0. The minimum Gasteiger partial charge on any atom is -1.00 e. The van der Waals surface area contributed by atoms with E-state index in [-0.39, 0.29) is 29.1 Å². The molecule has 5 bridgehead atoms. The summed E-state index contributed by atoms with van der Waals surface area (Å²) in [5, 5.41) is 7.80. The summed E-state index contributed by atoms with van der Waals surface area (Å²) in [7, 11) is 0. The molecular formula is C30H20Br2SZr. The van der Waals surface area contributed by atoms with Crippen LogP contribution in [-0.4, -0.2) is 0 Å². The monoisotopic (exact) mass is 660 g/mol. The van der Waals surface area contributed by atoms with E-state index >= 15 is 0 Å². The van der Waals surface area contributed by atoms with Gasteiger partial charge < -0.3 is 2.85 Å². The van der Waals surface area contributed by atoms with E-state index < -0.39 is 0 Å². The van der Waals surface area contributed by atoms with Crippen molar-refractivity contribution in [2.45, 2.75) is 0 Å². The van der Waals surface area contributed by atoms with Gasteiger partial charge in [0.15, 0.2) is 0 Å². The maximum atomic E-state index is 3.66. The summed E-state index contributed by atoms with van der Waals surface area (Å²) in [6.45, 7) is 0. The molecule has 0 spiro atoms. The summed E-state index contributed by atoms with van der Waals surface area (Å²) < 4.78 is 4.94. The maximum Gasteiger partial charge on any atom is 4.00 e. The maximum absolute atomic E-state index is 3.66. The van der Waals surface area contributed by atoms with Gasteiger partial charge in [-0.1, -0.05) is 89.8 Å². The van der Waals surface area contributed by atoms with Crippen LogP contribution in [0.3, 0.4) is 0 Å². The van der Waals surface area contributed by atoms with Gasteiger partial charge in [-0.05, 0) is 15.0 Å². The van der Waals surface area contributed by atoms with E-state index in [1.807, 2.05) is 17.4 Å². The molecule has 7 aromatic rings. The molecular weight excluding hydrogens is 643 g/mol.